The van der Waals surface area contributed by atoms with Crippen LogP contribution in [0.2, 0.25) is 0 Å². The highest BCUT2D eigenvalue weighted by Gasteiger charge is 2.36. The summed E-state index contributed by atoms with van der Waals surface area (Å²) in [6.45, 7) is 1.41. The van der Waals surface area contributed by atoms with Crippen LogP contribution in [0.4, 0.5) is 14.5 Å². The number of amides is 1. The molecular formula is C20H17F2NO4. The molecule has 0 saturated carbocycles. The summed E-state index contributed by atoms with van der Waals surface area (Å²) in [5.74, 6) is -4.21. The third kappa shape index (κ3) is 4.19. The van der Waals surface area contributed by atoms with Crippen molar-refractivity contribution in [3.05, 3.63) is 65.2 Å². The van der Waals surface area contributed by atoms with E-state index in [-0.39, 0.29) is 24.4 Å². The Labute approximate surface area is 154 Å². The van der Waals surface area contributed by atoms with Crippen LogP contribution in [0.1, 0.15) is 22.3 Å². The summed E-state index contributed by atoms with van der Waals surface area (Å²) in [6.07, 6.45) is -0.0220. The van der Waals surface area contributed by atoms with Crippen LogP contribution in [0, 0.1) is 24.5 Å². The molecule has 0 spiro atoms. The number of carbonyl (C=O) groups is 3. The second-order valence-corrected chi connectivity index (χ2v) is 6.40. The number of carbonyl (C=O) groups excluding carboxylic acids is 3. The van der Waals surface area contributed by atoms with Crippen molar-refractivity contribution in [1.82, 2.24) is 0 Å². The molecule has 1 unspecified atom stereocenters. The Morgan fingerprint density at radius 1 is 1.15 bits per heavy atom. The Bertz CT molecular complexity index is 895. The van der Waals surface area contributed by atoms with E-state index in [0.29, 0.717) is 11.8 Å². The normalized spacial score (nSPS) is 16.5. The molecule has 140 valence electrons. The average molecular weight is 373 g/mol. The van der Waals surface area contributed by atoms with Gasteiger partial charge in [0.05, 0.1) is 11.5 Å². The fourth-order valence-corrected chi connectivity index (χ4v) is 2.89. The van der Waals surface area contributed by atoms with Crippen molar-refractivity contribution in [1.29, 1.82) is 0 Å². The number of ketones is 1. The maximum Gasteiger partial charge on any atom is 0.311 e. The van der Waals surface area contributed by atoms with Crippen LogP contribution in [0.3, 0.4) is 0 Å². The van der Waals surface area contributed by atoms with Gasteiger partial charge in [-0.2, -0.15) is 0 Å². The highest BCUT2D eigenvalue weighted by atomic mass is 19.1. The number of ether oxygens (including phenoxy) is 1. The van der Waals surface area contributed by atoms with Crippen molar-refractivity contribution in [2.75, 3.05) is 18.1 Å². The highest BCUT2D eigenvalue weighted by Crippen LogP contribution is 2.26. The summed E-state index contributed by atoms with van der Waals surface area (Å²) >= 11 is 0. The van der Waals surface area contributed by atoms with Crippen molar-refractivity contribution in [3.8, 4) is 0 Å². The molecule has 0 aromatic heterocycles. The van der Waals surface area contributed by atoms with Crippen LogP contribution >= 0.6 is 0 Å². The quantitative estimate of drug-likeness (QED) is 0.597. The molecule has 0 bridgehead atoms. The molecule has 1 saturated heterocycles. The lowest BCUT2D eigenvalue weighted by Gasteiger charge is -2.16. The molecule has 2 aromatic carbocycles. The van der Waals surface area contributed by atoms with Crippen molar-refractivity contribution < 1.29 is 27.9 Å². The molecule has 3 rings (SSSR count). The van der Waals surface area contributed by atoms with Gasteiger partial charge in [0, 0.05) is 24.7 Å². The number of nitrogens with zero attached hydrogens (tertiary/aromatic N) is 1. The molecule has 1 aliphatic heterocycles. The zero-order chi connectivity index (χ0) is 19.6. The summed E-state index contributed by atoms with van der Waals surface area (Å²) in [6, 6.07) is 9.86. The number of hydrogen-bond acceptors (Lipinski definition) is 4. The Morgan fingerprint density at radius 3 is 2.52 bits per heavy atom. The first-order valence-corrected chi connectivity index (χ1v) is 8.37. The SMILES string of the molecule is Cc1ccc(N2CC(C(=O)OCC(=O)c3ccc(F)cc3F)CC2=O)cc1. The van der Waals surface area contributed by atoms with Gasteiger partial charge in [0.25, 0.3) is 0 Å². The first-order valence-electron chi connectivity index (χ1n) is 8.37. The molecule has 1 aliphatic rings. The Hall–Kier alpha value is -3.09. The average Bonchev–Trinajstić information content (AvgIpc) is 3.02. The Kier molecular flexibility index (Phi) is 5.30. The molecule has 2 aromatic rings. The molecular weight excluding hydrogens is 356 g/mol. The van der Waals surface area contributed by atoms with Gasteiger partial charge in [-0.05, 0) is 31.2 Å². The van der Waals surface area contributed by atoms with E-state index < -0.39 is 35.9 Å². The second kappa shape index (κ2) is 7.65. The maximum atomic E-state index is 13.6. The van der Waals surface area contributed by atoms with Crippen LogP contribution in [0.5, 0.6) is 0 Å². The van der Waals surface area contributed by atoms with Gasteiger partial charge in [0.2, 0.25) is 11.7 Å². The molecule has 1 heterocycles. The molecule has 0 aliphatic carbocycles. The van der Waals surface area contributed by atoms with Crippen molar-refractivity contribution >= 4 is 23.3 Å². The Balaban J connectivity index is 1.59. The maximum absolute atomic E-state index is 13.6. The minimum absolute atomic E-state index is 0.0220. The second-order valence-electron chi connectivity index (χ2n) is 6.40. The molecule has 0 radical (unpaired) electrons. The van der Waals surface area contributed by atoms with Crippen LogP contribution in [0.25, 0.3) is 0 Å². The van der Waals surface area contributed by atoms with E-state index in [1.807, 2.05) is 19.1 Å². The first kappa shape index (κ1) is 18.7. The standard InChI is InChI=1S/C20H17F2NO4/c1-12-2-5-15(6-3-12)23-10-13(8-19(23)25)20(26)27-11-18(24)16-7-4-14(21)9-17(16)22/h2-7,9,13H,8,10-11H2,1H3. The Morgan fingerprint density at radius 2 is 1.85 bits per heavy atom. The van der Waals surface area contributed by atoms with Gasteiger partial charge in [0.1, 0.15) is 11.6 Å². The number of anilines is 1. The summed E-state index contributed by atoms with van der Waals surface area (Å²) < 4.78 is 31.4. The number of halogens is 2. The third-order valence-corrected chi connectivity index (χ3v) is 4.38. The fourth-order valence-electron chi connectivity index (χ4n) is 2.89. The number of hydrogen-bond donors (Lipinski definition) is 0. The van der Waals surface area contributed by atoms with Crippen LogP contribution in [-0.4, -0.2) is 30.8 Å². The van der Waals surface area contributed by atoms with E-state index in [4.69, 9.17) is 4.74 Å². The van der Waals surface area contributed by atoms with E-state index in [0.717, 1.165) is 17.7 Å². The van der Waals surface area contributed by atoms with Gasteiger partial charge in [0.15, 0.2) is 6.61 Å². The van der Waals surface area contributed by atoms with Gasteiger partial charge in [-0.1, -0.05) is 17.7 Å². The molecule has 5 nitrogen and oxygen atoms in total. The number of esters is 1. The molecule has 0 N–H and O–H groups in total. The minimum atomic E-state index is -1.02. The lowest BCUT2D eigenvalue weighted by atomic mass is 10.1. The van der Waals surface area contributed by atoms with Crippen LogP contribution in [-0.2, 0) is 14.3 Å². The largest absolute Gasteiger partial charge is 0.457 e. The fraction of sp³-hybridized carbons (Fsp3) is 0.250. The zero-order valence-electron chi connectivity index (χ0n) is 14.6. The van der Waals surface area contributed by atoms with E-state index in [9.17, 15) is 23.2 Å². The van der Waals surface area contributed by atoms with E-state index in [2.05, 4.69) is 0 Å². The smallest absolute Gasteiger partial charge is 0.311 e. The summed E-state index contributed by atoms with van der Waals surface area (Å²) in [5, 5.41) is 0. The number of rotatable bonds is 5. The number of aryl methyl sites for hydroxylation is 1. The van der Waals surface area contributed by atoms with Gasteiger partial charge < -0.3 is 9.64 Å². The van der Waals surface area contributed by atoms with Gasteiger partial charge in [-0.25, -0.2) is 8.78 Å². The summed E-state index contributed by atoms with van der Waals surface area (Å²) in [4.78, 5) is 37.8. The number of benzene rings is 2. The minimum Gasteiger partial charge on any atom is -0.457 e. The van der Waals surface area contributed by atoms with Gasteiger partial charge in [-0.15, -0.1) is 0 Å². The van der Waals surface area contributed by atoms with E-state index in [1.165, 1.54) is 4.90 Å². The molecule has 27 heavy (non-hydrogen) atoms. The summed E-state index contributed by atoms with van der Waals surface area (Å²) in [7, 11) is 0. The van der Waals surface area contributed by atoms with Gasteiger partial charge in [-0.3, -0.25) is 14.4 Å². The zero-order valence-corrected chi connectivity index (χ0v) is 14.6. The van der Waals surface area contributed by atoms with Crippen LogP contribution in [0.15, 0.2) is 42.5 Å². The summed E-state index contributed by atoms with van der Waals surface area (Å²) in [5.41, 5.74) is 1.38. The highest BCUT2D eigenvalue weighted by molar-refractivity contribution is 6.01. The molecule has 1 fully saturated rings. The monoisotopic (exact) mass is 373 g/mol. The number of Topliss-reactive ketones (excluding diaryl/α,β-unsaturated/α-hetero) is 1. The van der Waals surface area contributed by atoms with E-state index >= 15 is 0 Å². The molecule has 1 amide bonds. The lowest BCUT2D eigenvalue weighted by molar-refractivity contribution is -0.147. The topological polar surface area (TPSA) is 63.7 Å². The van der Waals surface area contributed by atoms with Crippen molar-refractivity contribution in [2.24, 2.45) is 5.92 Å². The van der Waals surface area contributed by atoms with Crippen molar-refractivity contribution in [3.63, 3.8) is 0 Å². The molecule has 7 heteroatoms. The lowest BCUT2D eigenvalue weighted by Crippen LogP contribution is -2.27. The predicted octanol–water partition coefficient (Wildman–Crippen LogP) is 3.05. The van der Waals surface area contributed by atoms with Crippen molar-refractivity contribution in [2.45, 2.75) is 13.3 Å². The van der Waals surface area contributed by atoms with Gasteiger partial charge >= 0.3 is 5.97 Å². The van der Waals surface area contributed by atoms with E-state index in [1.54, 1.807) is 12.1 Å². The predicted molar refractivity (Wildman–Crippen MR) is 93.3 cm³/mol. The third-order valence-electron chi connectivity index (χ3n) is 4.38. The van der Waals surface area contributed by atoms with Crippen LogP contribution < -0.4 is 4.90 Å². The molecule has 1 atom stereocenters. The first-order chi connectivity index (χ1) is 12.8.